The summed E-state index contributed by atoms with van der Waals surface area (Å²) in [6.45, 7) is 5.77. The van der Waals surface area contributed by atoms with E-state index < -0.39 is 0 Å². The monoisotopic (exact) mass is 509 g/mol. The Morgan fingerprint density at radius 3 is 2.93 bits per heavy atom. The zero-order valence-corrected chi connectivity index (χ0v) is 19.1. The smallest absolute Gasteiger partial charge is 0.189 e. The molecule has 2 aliphatic rings. The largest absolute Gasteiger partial charge is 0.494 e. The number of rotatable bonds is 5. The third-order valence-corrected chi connectivity index (χ3v) is 5.08. The Balaban J connectivity index is 0.00000240. The molecule has 0 aromatic heterocycles. The number of ether oxygens (including phenoxy) is 3. The van der Waals surface area contributed by atoms with E-state index in [4.69, 9.17) is 19.9 Å². The maximum absolute atomic E-state index is 6.19. The van der Waals surface area contributed by atoms with Gasteiger partial charge in [-0.05, 0) is 32.0 Å². The van der Waals surface area contributed by atoms with Gasteiger partial charge >= 0.3 is 0 Å². The Kier molecular flexibility index (Phi) is 7.10. The molecule has 0 amide bonds. The molecule has 0 aliphatic carbocycles. The quantitative estimate of drug-likeness (QED) is 0.363. The molecule has 0 saturated heterocycles. The van der Waals surface area contributed by atoms with E-state index in [0.717, 1.165) is 41.2 Å². The highest BCUT2D eigenvalue weighted by Gasteiger charge is 2.23. The molecule has 156 valence electrons. The summed E-state index contributed by atoms with van der Waals surface area (Å²) in [5.41, 5.74) is 9.47. The molecule has 2 unspecified atom stereocenters. The van der Waals surface area contributed by atoms with E-state index in [-0.39, 0.29) is 36.1 Å². The van der Waals surface area contributed by atoms with Crippen LogP contribution in [0.3, 0.4) is 0 Å². The third kappa shape index (κ3) is 4.88. The molecule has 0 spiro atoms. The summed E-state index contributed by atoms with van der Waals surface area (Å²) < 4.78 is 17.4. The molecule has 0 fully saturated rings. The molecule has 0 saturated carbocycles. The predicted octanol–water partition coefficient (Wildman–Crippen LogP) is 3.95. The summed E-state index contributed by atoms with van der Waals surface area (Å²) >= 11 is 0. The van der Waals surface area contributed by atoms with Crippen molar-refractivity contribution < 1.29 is 14.2 Å². The van der Waals surface area contributed by atoms with Crippen molar-refractivity contribution in [2.24, 2.45) is 10.7 Å². The van der Waals surface area contributed by atoms with Gasteiger partial charge in [-0.1, -0.05) is 18.2 Å². The maximum Gasteiger partial charge on any atom is 0.189 e. The Hall–Kier alpha value is -2.16. The molecule has 7 heteroatoms. The van der Waals surface area contributed by atoms with Gasteiger partial charge in [0, 0.05) is 29.5 Å². The van der Waals surface area contributed by atoms with Crippen LogP contribution < -0.4 is 25.3 Å². The molecule has 2 aromatic carbocycles. The first-order chi connectivity index (χ1) is 13.6. The first kappa shape index (κ1) is 21.5. The number of hydrogen-bond acceptors (Lipinski definition) is 4. The maximum atomic E-state index is 6.19. The van der Waals surface area contributed by atoms with Crippen molar-refractivity contribution in [3.05, 3.63) is 53.1 Å². The topological polar surface area (TPSA) is 78.1 Å². The standard InChI is InChI=1S/C22H27N3O3.HI/c1-3-26-20-11-15-10-14(2)28-21(15)12-16(20)13-24-22(23)25-18-8-9-27-19-7-5-4-6-17(18)19;/h4-7,11-12,14,18H,3,8-10,13H2,1-2H3,(H3,23,24,25);1H. The number of fused-ring (bicyclic) bond motifs is 2. The van der Waals surface area contributed by atoms with Gasteiger partial charge < -0.3 is 25.3 Å². The van der Waals surface area contributed by atoms with E-state index in [1.165, 1.54) is 5.56 Å². The molecule has 2 heterocycles. The van der Waals surface area contributed by atoms with Crippen molar-refractivity contribution in [2.75, 3.05) is 13.2 Å². The van der Waals surface area contributed by atoms with E-state index in [2.05, 4.69) is 29.4 Å². The highest BCUT2D eigenvalue weighted by Crippen LogP contribution is 2.35. The minimum Gasteiger partial charge on any atom is -0.494 e. The van der Waals surface area contributed by atoms with Crippen molar-refractivity contribution in [3.63, 3.8) is 0 Å². The Labute approximate surface area is 188 Å². The Morgan fingerprint density at radius 1 is 1.28 bits per heavy atom. The number of nitrogens with zero attached hydrogens (tertiary/aromatic N) is 1. The van der Waals surface area contributed by atoms with Crippen LogP contribution in [0.2, 0.25) is 0 Å². The van der Waals surface area contributed by atoms with Gasteiger partial charge in [-0.25, -0.2) is 4.99 Å². The number of nitrogens with two attached hydrogens (primary N) is 1. The van der Waals surface area contributed by atoms with Gasteiger partial charge in [0.1, 0.15) is 23.4 Å². The molecule has 2 aromatic rings. The van der Waals surface area contributed by atoms with E-state index in [0.29, 0.717) is 25.7 Å². The molecule has 3 N–H and O–H groups in total. The first-order valence-electron chi connectivity index (χ1n) is 9.87. The molecule has 0 radical (unpaired) electrons. The van der Waals surface area contributed by atoms with Crippen LogP contribution in [0.4, 0.5) is 0 Å². The number of halogens is 1. The Morgan fingerprint density at radius 2 is 2.10 bits per heavy atom. The number of hydrogen-bond donors (Lipinski definition) is 2. The summed E-state index contributed by atoms with van der Waals surface area (Å²) in [6, 6.07) is 12.2. The molecule has 2 aliphatic heterocycles. The van der Waals surface area contributed by atoms with Gasteiger partial charge in [0.05, 0.1) is 25.8 Å². The zero-order valence-electron chi connectivity index (χ0n) is 16.8. The minimum absolute atomic E-state index is 0. The van der Waals surface area contributed by atoms with E-state index >= 15 is 0 Å². The predicted molar refractivity (Wildman–Crippen MR) is 125 cm³/mol. The van der Waals surface area contributed by atoms with Crippen LogP contribution >= 0.6 is 24.0 Å². The summed E-state index contributed by atoms with van der Waals surface area (Å²) in [4.78, 5) is 4.56. The van der Waals surface area contributed by atoms with E-state index in [9.17, 15) is 0 Å². The van der Waals surface area contributed by atoms with Crippen LogP contribution in [0.1, 0.15) is 43.0 Å². The number of aliphatic imine (C=N–C) groups is 1. The summed E-state index contributed by atoms with van der Waals surface area (Å²) in [7, 11) is 0. The van der Waals surface area contributed by atoms with Crippen molar-refractivity contribution in [1.29, 1.82) is 0 Å². The van der Waals surface area contributed by atoms with Crippen molar-refractivity contribution >= 4 is 29.9 Å². The fourth-order valence-electron chi connectivity index (χ4n) is 3.78. The first-order valence-corrected chi connectivity index (χ1v) is 9.87. The van der Waals surface area contributed by atoms with Crippen LogP contribution in [0.25, 0.3) is 0 Å². The number of benzene rings is 2. The molecule has 6 nitrogen and oxygen atoms in total. The number of para-hydroxylation sites is 1. The van der Waals surface area contributed by atoms with Crippen LogP contribution in [0, 0.1) is 0 Å². The van der Waals surface area contributed by atoms with E-state index in [1.54, 1.807) is 0 Å². The minimum atomic E-state index is 0. The highest BCUT2D eigenvalue weighted by molar-refractivity contribution is 14.0. The van der Waals surface area contributed by atoms with Gasteiger partial charge in [-0.2, -0.15) is 0 Å². The normalized spacial score (nSPS) is 19.9. The number of guanidine groups is 1. The van der Waals surface area contributed by atoms with E-state index in [1.807, 2.05) is 31.2 Å². The lowest BCUT2D eigenvalue weighted by atomic mass is 10.0. The molecule has 4 rings (SSSR count). The van der Waals surface area contributed by atoms with Crippen LogP contribution in [0.15, 0.2) is 41.4 Å². The molecule has 29 heavy (non-hydrogen) atoms. The van der Waals surface area contributed by atoms with Crippen LogP contribution in [0.5, 0.6) is 17.2 Å². The summed E-state index contributed by atoms with van der Waals surface area (Å²) in [5, 5.41) is 3.33. The SMILES string of the molecule is CCOc1cc2c(cc1CN=C(N)NC1CCOc3ccccc31)OC(C)C2.I. The van der Waals surface area contributed by atoms with Gasteiger partial charge in [0.25, 0.3) is 0 Å². The lowest BCUT2D eigenvalue weighted by Gasteiger charge is -2.27. The third-order valence-electron chi connectivity index (χ3n) is 5.08. The van der Waals surface area contributed by atoms with Crippen LogP contribution in [-0.2, 0) is 13.0 Å². The van der Waals surface area contributed by atoms with Gasteiger partial charge in [0.15, 0.2) is 5.96 Å². The van der Waals surface area contributed by atoms with Crippen LogP contribution in [-0.4, -0.2) is 25.3 Å². The lowest BCUT2D eigenvalue weighted by molar-refractivity contribution is 0.254. The average molecular weight is 509 g/mol. The summed E-state index contributed by atoms with van der Waals surface area (Å²) in [6.07, 6.45) is 1.96. The lowest BCUT2D eigenvalue weighted by Crippen LogP contribution is -2.37. The van der Waals surface area contributed by atoms with Crippen molar-refractivity contribution in [2.45, 2.75) is 45.4 Å². The Bertz CT molecular complexity index is 888. The molecule has 2 atom stereocenters. The van der Waals surface area contributed by atoms with Gasteiger partial charge in [0.2, 0.25) is 0 Å². The average Bonchev–Trinajstić information content (AvgIpc) is 3.05. The summed E-state index contributed by atoms with van der Waals surface area (Å²) in [5.74, 6) is 3.10. The fraction of sp³-hybridized carbons (Fsp3) is 0.409. The van der Waals surface area contributed by atoms with Gasteiger partial charge in [-0.3, -0.25) is 0 Å². The molecular formula is C22H28IN3O3. The second-order valence-electron chi connectivity index (χ2n) is 7.21. The number of nitrogens with one attached hydrogen (secondary N) is 1. The molecule has 0 bridgehead atoms. The van der Waals surface area contributed by atoms with Crippen molar-refractivity contribution in [1.82, 2.24) is 5.32 Å². The van der Waals surface area contributed by atoms with Crippen molar-refractivity contribution in [3.8, 4) is 17.2 Å². The second kappa shape index (κ2) is 9.56. The molecular weight excluding hydrogens is 481 g/mol. The highest BCUT2D eigenvalue weighted by atomic mass is 127. The fourth-order valence-corrected chi connectivity index (χ4v) is 3.78. The second-order valence-corrected chi connectivity index (χ2v) is 7.21. The zero-order chi connectivity index (χ0) is 19.5. The van der Waals surface area contributed by atoms with Gasteiger partial charge in [-0.15, -0.1) is 24.0 Å².